The first kappa shape index (κ1) is 19.0. The molecule has 1 amide bonds. The Kier molecular flexibility index (Phi) is 5.12. The van der Waals surface area contributed by atoms with Crippen LogP contribution < -0.4 is 5.32 Å². The van der Waals surface area contributed by atoms with Crippen LogP contribution in [0.2, 0.25) is 5.02 Å². The molecule has 0 aliphatic carbocycles. The molecule has 0 radical (unpaired) electrons. The van der Waals surface area contributed by atoms with E-state index in [9.17, 15) is 4.79 Å². The van der Waals surface area contributed by atoms with E-state index in [1.165, 1.54) is 5.56 Å². The molecule has 0 unspecified atom stereocenters. The van der Waals surface area contributed by atoms with Crippen LogP contribution >= 0.6 is 34.2 Å². The van der Waals surface area contributed by atoms with Crippen LogP contribution in [0.25, 0.3) is 22.6 Å². The molecule has 4 aromatic rings. The number of halogens is 2. The highest BCUT2D eigenvalue weighted by molar-refractivity contribution is 14.1. The molecule has 6 heteroatoms. The Labute approximate surface area is 181 Å². The average Bonchev–Trinajstić information content (AvgIpc) is 3.07. The summed E-state index contributed by atoms with van der Waals surface area (Å²) in [6.45, 7) is 4.10. The monoisotopic (exact) mass is 502 g/mol. The van der Waals surface area contributed by atoms with Crippen LogP contribution in [-0.2, 0) is 0 Å². The van der Waals surface area contributed by atoms with Gasteiger partial charge in [0.1, 0.15) is 5.52 Å². The molecule has 0 aliphatic heterocycles. The molecule has 140 valence electrons. The minimum Gasteiger partial charge on any atom is -0.436 e. The van der Waals surface area contributed by atoms with Crippen LogP contribution in [0.1, 0.15) is 21.5 Å². The predicted molar refractivity (Wildman–Crippen MR) is 121 cm³/mol. The van der Waals surface area contributed by atoms with E-state index in [0.29, 0.717) is 22.2 Å². The lowest BCUT2D eigenvalue weighted by molar-refractivity contribution is 0.102. The first-order chi connectivity index (χ1) is 13.4. The zero-order valence-electron chi connectivity index (χ0n) is 15.2. The van der Waals surface area contributed by atoms with Crippen molar-refractivity contribution in [3.63, 3.8) is 0 Å². The molecule has 0 saturated carbocycles. The number of nitrogens with one attached hydrogen (secondary N) is 1. The van der Waals surface area contributed by atoms with Crippen molar-refractivity contribution in [1.82, 2.24) is 4.98 Å². The Morgan fingerprint density at radius 1 is 1.07 bits per heavy atom. The third-order valence-electron chi connectivity index (χ3n) is 4.54. The van der Waals surface area contributed by atoms with Crippen LogP contribution in [0.5, 0.6) is 0 Å². The van der Waals surface area contributed by atoms with Crippen molar-refractivity contribution < 1.29 is 9.21 Å². The van der Waals surface area contributed by atoms with Gasteiger partial charge in [-0.2, -0.15) is 0 Å². The van der Waals surface area contributed by atoms with Gasteiger partial charge in [-0.3, -0.25) is 4.79 Å². The third-order valence-corrected chi connectivity index (χ3v) is 5.54. The molecule has 1 heterocycles. The molecule has 1 aromatic heterocycles. The van der Waals surface area contributed by atoms with E-state index < -0.39 is 0 Å². The fourth-order valence-electron chi connectivity index (χ4n) is 2.90. The largest absolute Gasteiger partial charge is 0.436 e. The third kappa shape index (κ3) is 3.77. The smallest absolute Gasteiger partial charge is 0.257 e. The van der Waals surface area contributed by atoms with E-state index in [-0.39, 0.29) is 5.91 Å². The number of oxazole rings is 1. The summed E-state index contributed by atoms with van der Waals surface area (Å²) < 4.78 is 6.87. The molecule has 0 fully saturated rings. The molecule has 28 heavy (non-hydrogen) atoms. The Hall–Kier alpha value is -2.38. The van der Waals surface area contributed by atoms with Crippen molar-refractivity contribution in [2.24, 2.45) is 0 Å². The van der Waals surface area contributed by atoms with Gasteiger partial charge in [0, 0.05) is 14.8 Å². The molecule has 1 N–H and O–H groups in total. The van der Waals surface area contributed by atoms with Crippen molar-refractivity contribution in [2.45, 2.75) is 13.8 Å². The molecular weight excluding hydrogens is 487 g/mol. The molecule has 0 saturated heterocycles. The van der Waals surface area contributed by atoms with Gasteiger partial charge in [-0.25, -0.2) is 4.98 Å². The highest BCUT2D eigenvalue weighted by Gasteiger charge is 2.13. The van der Waals surface area contributed by atoms with Gasteiger partial charge in [-0.1, -0.05) is 17.7 Å². The SMILES string of the molecule is Cc1cc2nc(-c3cccc(NC(=O)c4cc(I)ccc4Cl)c3)oc2cc1C. The molecule has 4 rings (SSSR count). The molecule has 0 aliphatic rings. The minimum absolute atomic E-state index is 0.260. The van der Waals surface area contributed by atoms with E-state index in [2.05, 4.69) is 39.8 Å². The summed E-state index contributed by atoms with van der Waals surface area (Å²) in [5, 5.41) is 3.31. The first-order valence-corrected chi connectivity index (χ1v) is 10.1. The van der Waals surface area contributed by atoms with Gasteiger partial charge < -0.3 is 9.73 Å². The lowest BCUT2D eigenvalue weighted by atomic mass is 10.1. The summed E-state index contributed by atoms with van der Waals surface area (Å²) in [6.07, 6.45) is 0. The van der Waals surface area contributed by atoms with Crippen LogP contribution in [0.15, 0.2) is 59.0 Å². The van der Waals surface area contributed by atoms with Crippen LogP contribution in [0, 0.1) is 17.4 Å². The highest BCUT2D eigenvalue weighted by Crippen LogP contribution is 2.28. The molecule has 0 atom stereocenters. The molecule has 3 aromatic carbocycles. The summed E-state index contributed by atoms with van der Waals surface area (Å²) in [5.74, 6) is 0.257. The Bertz CT molecular complexity index is 1180. The van der Waals surface area contributed by atoms with Crippen molar-refractivity contribution in [3.05, 3.63) is 79.9 Å². The maximum atomic E-state index is 12.6. The van der Waals surface area contributed by atoms with E-state index in [1.54, 1.807) is 12.1 Å². The fourth-order valence-corrected chi connectivity index (χ4v) is 3.60. The average molecular weight is 503 g/mol. The number of rotatable bonds is 3. The van der Waals surface area contributed by atoms with E-state index in [0.717, 1.165) is 25.8 Å². The van der Waals surface area contributed by atoms with Crippen molar-refractivity contribution in [2.75, 3.05) is 5.32 Å². The van der Waals surface area contributed by atoms with Gasteiger partial charge >= 0.3 is 0 Å². The Morgan fingerprint density at radius 3 is 2.68 bits per heavy atom. The maximum absolute atomic E-state index is 12.6. The van der Waals surface area contributed by atoms with Gasteiger partial charge in [0.05, 0.1) is 10.6 Å². The lowest BCUT2D eigenvalue weighted by Crippen LogP contribution is -2.12. The Balaban J connectivity index is 1.64. The zero-order valence-corrected chi connectivity index (χ0v) is 18.1. The number of aromatic nitrogens is 1. The second-order valence-electron chi connectivity index (χ2n) is 6.58. The zero-order chi connectivity index (χ0) is 19.8. The van der Waals surface area contributed by atoms with Crippen LogP contribution in [0.4, 0.5) is 5.69 Å². The van der Waals surface area contributed by atoms with Crippen molar-refractivity contribution in [1.29, 1.82) is 0 Å². The second kappa shape index (κ2) is 7.56. The maximum Gasteiger partial charge on any atom is 0.257 e. The number of hydrogen-bond donors (Lipinski definition) is 1. The Morgan fingerprint density at radius 2 is 1.86 bits per heavy atom. The number of amides is 1. The topological polar surface area (TPSA) is 55.1 Å². The van der Waals surface area contributed by atoms with Crippen LogP contribution in [-0.4, -0.2) is 10.9 Å². The minimum atomic E-state index is -0.260. The lowest BCUT2D eigenvalue weighted by Gasteiger charge is -2.08. The van der Waals surface area contributed by atoms with Gasteiger partial charge in [-0.05, 0) is 96.1 Å². The predicted octanol–water partition coefficient (Wildman–Crippen LogP) is 6.62. The summed E-state index contributed by atoms with van der Waals surface area (Å²) >= 11 is 8.32. The number of nitrogens with zero attached hydrogens (tertiary/aromatic N) is 1. The highest BCUT2D eigenvalue weighted by atomic mass is 127. The fraction of sp³-hybridized carbons (Fsp3) is 0.0909. The second-order valence-corrected chi connectivity index (χ2v) is 8.24. The number of carbonyl (C=O) groups is 1. The number of hydrogen-bond acceptors (Lipinski definition) is 3. The number of aryl methyl sites for hydroxylation is 2. The molecule has 0 bridgehead atoms. The quantitative estimate of drug-likeness (QED) is 0.320. The number of carbonyl (C=O) groups excluding carboxylic acids is 1. The van der Waals surface area contributed by atoms with Crippen LogP contribution in [0.3, 0.4) is 0 Å². The first-order valence-electron chi connectivity index (χ1n) is 8.65. The number of anilines is 1. The van der Waals surface area contributed by atoms with Crippen molar-refractivity contribution in [3.8, 4) is 11.5 Å². The summed E-state index contributed by atoms with van der Waals surface area (Å²) in [5.41, 5.74) is 5.77. The van der Waals surface area contributed by atoms with E-state index in [1.807, 2.05) is 49.4 Å². The van der Waals surface area contributed by atoms with Gasteiger partial charge in [0.25, 0.3) is 5.91 Å². The molecular formula is C22H16ClIN2O2. The standard InChI is InChI=1S/C22H16ClIN2O2/c1-12-8-19-20(9-13(12)2)28-22(26-19)14-4-3-5-16(10-14)25-21(27)17-11-15(24)6-7-18(17)23/h3-11H,1-2H3,(H,25,27). The van der Waals surface area contributed by atoms with Gasteiger partial charge in [0.15, 0.2) is 5.58 Å². The summed E-state index contributed by atoms with van der Waals surface area (Å²) in [6, 6.07) is 16.8. The normalized spacial score (nSPS) is 11.0. The summed E-state index contributed by atoms with van der Waals surface area (Å²) in [7, 11) is 0. The van der Waals surface area contributed by atoms with Gasteiger partial charge in [-0.15, -0.1) is 0 Å². The van der Waals surface area contributed by atoms with Crippen molar-refractivity contribution >= 4 is 56.9 Å². The number of fused-ring (bicyclic) bond motifs is 1. The van der Waals surface area contributed by atoms with E-state index >= 15 is 0 Å². The van der Waals surface area contributed by atoms with Gasteiger partial charge in [0.2, 0.25) is 5.89 Å². The number of benzene rings is 3. The summed E-state index contributed by atoms with van der Waals surface area (Å²) in [4.78, 5) is 17.2. The van der Waals surface area contributed by atoms with E-state index in [4.69, 9.17) is 16.0 Å². The molecule has 4 nitrogen and oxygen atoms in total. The molecule has 0 spiro atoms.